The summed E-state index contributed by atoms with van der Waals surface area (Å²) >= 11 is 0. The van der Waals surface area contributed by atoms with Crippen molar-refractivity contribution in [2.75, 3.05) is 53.0 Å². The summed E-state index contributed by atoms with van der Waals surface area (Å²) < 4.78 is 10.4. The highest BCUT2D eigenvalue weighted by Crippen LogP contribution is 2.18. The summed E-state index contributed by atoms with van der Waals surface area (Å²) in [7, 11) is 1.66. The van der Waals surface area contributed by atoms with Crippen LogP contribution < -0.4 is 15.4 Å². The average molecular weight is 400 g/mol. The van der Waals surface area contributed by atoms with Gasteiger partial charge in [0.2, 0.25) is 5.91 Å². The fourth-order valence-electron chi connectivity index (χ4n) is 2.86. The Morgan fingerprint density at radius 2 is 1.81 bits per heavy atom. The van der Waals surface area contributed by atoms with E-state index in [1.54, 1.807) is 12.0 Å². The van der Waals surface area contributed by atoms with Crippen LogP contribution in [0.1, 0.15) is 12.8 Å². The minimum Gasteiger partial charge on any atom is -0.484 e. The molecule has 1 saturated heterocycles. The summed E-state index contributed by atoms with van der Waals surface area (Å²) in [4.78, 5) is 26.2. The predicted molar refractivity (Wildman–Crippen MR) is 106 cm³/mol. The van der Waals surface area contributed by atoms with E-state index in [1.807, 2.05) is 30.3 Å². The Morgan fingerprint density at radius 1 is 1.11 bits per heavy atom. The van der Waals surface area contributed by atoms with E-state index < -0.39 is 0 Å². The molecule has 2 rings (SSSR count). The smallest absolute Gasteiger partial charge is 0.260 e. The number of likely N-dealkylation sites (tertiary alicyclic amines) is 1. The van der Waals surface area contributed by atoms with Crippen LogP contribution in [0.5, 0.6) is 5.75 Å². The van der Waals surface area contributed by atoms with Crippen molar-refractivity contribution >= 4 is 24.2 Å². The number of hydrogen-bond donors (Lipinski definition) is 2. The van der Waals surface area contributed by atoms with Crippen molar-refractivity contribution in [3.63, 3.8) is 0 Å². The van der Waals surface area contributed by atoms with E-state index in [9.17, 15) is 9.59 Å². The SMILES string of the molecule is COCCNCCNC(=O)C1CCN(C(=O)COc2ccccc2)CC1.Cl. The topological polar surface area (TPSA) is 79.9 Å². The molecule has 2 amide bonds. The standard InChI is InChI=1S/C19H29N3O4.ClH/c1-25-14-11-20-9-10-21-19(24)16-7-12-22(13-8-16)18(23)15-26-17-5-3-2-4-6-17;/h2-6,16,20H,7-15H2,1H3,(H,21,24);1H. The molecule has 1 aromatic rings. The third-order valence-corrected chi connectivity index (χ3v) is 4.41. The van der Waals surface area contributed by atoms with Gasteiger partial charge in [0.15, 0.2) is 6.61 Å². The molecule has 1 fully saturated rings. The first-order chi connectivity index (χ1) is 12.7. The lowest BCUT2D eigenvalue weighted by atomic mass is 9.96. The fourth-order valence-corrected chi connectivity index (χ4v) is 2.86. The van der Waals surface area contributed by atoms with E-state index in [2.05, 4.69) is 10.6 Å². The van der Waals surface area contributed by atoms with Gasteiger partial charge in [0.25, 0.3) is 5.91 Å². The Balaban J connectivity index is 0.00000364. The molecule has 0 aliphatic carbocycles. The molecule has 0 atom stereocenters. The van der Waals surface area contributed by atoms with Crippen molar-refractivity contribution in [1.82, 2.24) is 15.5 Å². The van der Waals surface area contributed by atoms with Gasteiger partial charge in [0, 0.05) is 45.8 Å². The van der Waals surface area contributed by atoms with Crippen LogP contribution in [0.3, 0.4) is 0 Å². The molecular formula is C19H30ClN3O4. The quantitative estimate of drug-likeness (QED) is 0.575. The van der Waals surface area contributed by atoms with Gasteiger partial charge >= 0.3 is 0 Å². The number of carbonyl (C=O) groups is 2. The molecule has 0 saturated carbocycles. The van der Waals surface area contributed by atoms with Crippen molar-refractivity contribution < 1.29 is 19.1 Å². The van der Waals surface area contributed by atoms with Gasteiger partial charge in [-0.25, -0.2) is 0 Å². The van der Waals surface area contributed by atoms with Crippen molar-refractivity contribution in [1.29, 1.82) is 0 Å². The number of hydrogen-bond acceptors (Lipinski definition) is 5. The first kappa shape index (κ1) is 23.2. The molecule has 0 unspecified atom stereocenters. The van der Waals surface area contributed by atoms with E-state index in [-0.39, 0.29) is 36.7 Å². The summed E-state index contributed by atoms with van der Waals surface area (Å²) in [6.45, 7) is 4.00. The molecule has 0 bridgehead atoms. The first-order valence-corrected chi connectivity index (χ1v) is 9.13. The number of piperidine rings is 1. The maximum Gasteiger partial charge on any atom is 0.260 e. The number of ether oxygens (including phenoxy) is 2. The lowest BCUT2D eigenvalue weighted by Crippen LogP contribution is -2.45. The molecule has 1 heterocycles. The number of halogens is 1. The van der Waals surface area contributed by atoms with Crippen molar-refractivity contribution in [2.45, 2.75) is 12.8 Å². The number of rotatable bonds is 10. The Morgan fingerprint density at radius 3 is 2.48 bits per heavy atom. The molecule has 1 aromatic carbocycles. The van der Waals surface area contributed by atoms with Crippen LogP contribution in [0, 0.1) is 5.92 Å². The minimum absolute atomic E-state index is 0. The second-order valence-corrected chi connectivity index (χ2v) is 6.29. The van der Waals surface area contributed by atoms with Gasteiger partial charge < -0.3 is 25.0 Å². The van der Waals surface area contributed by atoms with Gasteiger partial charge in [-0.3, -0.25) is 9.59 Å². The normalized spacial score (nSPS) is 14.3. The first-order valence-electron chi connectivity index (χ1n) is 9.13. The number of nitrogens with one attached hydrogen (secondary N) is 2. The zero-order valence-corrected chi connectivity index (χ0v) is 16.6. The number of para-hydroxylation sites is 1. The van der Waals surface area contributed by atoms with Gasteiger partial charge in [-0.1, -0.05) is 18.2 Å². The van der Waals surface area contributed by atoms with Crippen molar-refractivity contribution in [2.24, 2.45) is 5.92 Å². The van der Waals surface area contributed by atoms with E-state index in [0.29, 0.717) is 44.8 Å². The Labute approximate surface area is 167 Å². The Kier molecular flexibility index (Phi) is 11.5. The lowest BCUT2D eigenvalue weighted by molar-refractivity contribution is -0.137. The monoisotopic (exact) mass is 399 g/mol. The summed E-state index contributed by atoms with van der Waals surface area (Å²) in [5.74, 6) is 0.712. The fraction of sp³-hybridized carbons (Fsp3) is 0.579. The second kappa shape index (κ2) is 13.4. The van der Waals surface area contributed by atoms with E-state index >= 15 is 0 Å². The summed E-state index contributed by atoms with van der Waals surface area (Å²) in [6.07, 6.45) is 1.39. The largest absolute Gasteiger partial charge is 0.484 e. The third kappa shape index (κ3) is 8.60. The van der Waals surface area contributed by atoms with Gasteiger partial charge in [-0.05, 0) is 25.0 Å². The molecule has 2 N–H and O–H groups in total. The highest BCUT2D eigenvalue weighted by Gasteiger charge is 2.27. The number of methoxy groups -OCH3 is 1. The summed E-state index contributed by atoms with van der Waals surface area (Å²) in [5, 5.41) is 6.14. The number of amides is 2. The number of carbonyl (C=O) groups excluding carboxylic acids is 2. The zero-order valence-electron chi connectivity index (χ0n) is 15.8. The molecule has 27 heavy (non-hydrogen) atoms. The average Bonchev–Trinajstić information content (AvgIpc) is 2.69. The second-order valence-electron chi connectivity index (χ2n) is 6.29. The van der Waals surface area contributed by atoms with E-state index in [1.165, 1.54) is 0 Å². The minimum atomic E-state index is -0.0324. The molecule has 1 aliphatic rings. The van der Waals surface area contributed by atoms with E-state index in [0.717, 1.165) is 13.1 Å². The Hall–Kier alpha value is -1.83. The van der Waals surface area contributed by atoms with Crippen LogP contribution >= 0.6 is 12.4 Å². The van der Waals surface area contributed by atoms with Crippen LogP contribution in [0.4, 0.5) is 0 Å². The van der Waals surface area contributed by atoms with Crippen molar-refractivity contribution in [3.8, 4) is 5.75 Å². The third-order valence-electron chi connectivity index (χ3n) is 4.41. The molecule has 7 nitrogen and oxygen atoms in total. The van der Waals surface area contributed by atoms with Gasteiger partial charge in [-0.15, -0.1) is 12.4 Å². The highest BCUT2D eigenvalue weighted by atomic mass is 35.5. The van der Waals surface area contributed by atoms with Crippen LogP contribution in [0.2, 0.25) is 0 Å². The molecule has 0 spiro atoms. The molecule has 1 aliphatic heterocycles. The maximum absolute atomic E-state index is 12.2. The van der Waals surface area contributed by atoms with Crippen LogP contribution in [-0.2, 0) is 14.3 Å². The van der Waals surface area contributed by atoms with Crippen LogP contribution in [0.15, 0.2) is 30.3 Å². The van der Waals surface area contributed by atoms with Crippen LogP contribution in [-0.4, -0.2) is 69.8 Å². The molecule has 0 radical (unpaired) electrons. The predicted octanol–water partition coefficient (Wildman–Crippen LogP) is 1.08. The highest BCUT2D eigenvalue weighted by molar-refractivity contribution is 5.85. The Bertz CT molecular complexity index is 551. The van der Waals surface area contributed by atoms with Crippen molar-refractivity contribution in [3.05, 3.63) is 30.3 Å². The van der Waals surface area contributed by atoms with Crippen LogP contribution in [0.25, 0.3) is 0 Å². The number of benzene rings is 1. The molecule has 152 valence electrons. The zero-order chi connectivity index (χ0) is 18.6. The number of nitrogens with zero attached hydrogens (tertiary/aromatic N) is 1. The summed E-state index contributed by atoms with van der Waals surface area (Å²) in [6, 6.07) is 9.30. The maximum atomic E-state index is 12.2. The van der Waals surface area contributed by atoms with Gasteiger partial charge in [0.05, 0.1) is 6.61 Å². The van der Waals surface area contributed by atoms with Gasteiger partial charge in [-0.2, -0.15) is 0 Å². The summed E-state index contributed by atoms with van der Waals surface area (Å²) in [5.41, 5.74) is 0. The van der Waals surface area contributed by atoms with Gasteiger partial charge in [0.1, 0.15) is 5.75 Å². The molecular weight excluding hydrogens is 370 g/mol. The molecule has 8 heteroatoms. The van der Waals surface area contributed by atoms with E-state index in [4.69, 9.17) is 9.47 Å². The molecule has 0 aromatic heterocycles. The lowest BCUT2D eigenvalue weighted by Gasteiger charge is -2.31.